The van der Waals surface area contributed by atoms with Crippen molar-refractivity contribution in [3.05, 3.63) is 56.2 Å². The van der Waals surface area contributed by atoms with Crippen molar-refractivity contribution in [3.8, 4) is 0 Å². The fourth-order valence-corrected chi connectivity index (χ4v) is 2.11. The van der Waals surface area contributed by atoms with Gasteiger partial charge in [0.1, 0.15) is 19.0 Å². The van der Waals surface area contributed by atoms with Gasteiger partial charge in [-0.3, -0.25) is 5.41 Å². The Bertz CT molecular complexity index is 650. The van der Waals surface area contributed by atoms with Crippen LogP contribution in [0.15, 0.2) is 56.2 Å². The van der Waals surface area contributed by atoms with Crippen LogP contribution in [0.4, 0.5) is 0 Å². The Morgan fingerprint density at radius 2 is 1.41 bits per heavy atom. The van der Waals surface area contributed by atoms with Gasteiger partial charge >= 0.3 is 0 Å². The molecule has 0 radical (unpaired) electrons. The van der Waals surface area contributed by atoms with Gasteiger partial charge in [0.05, 0.1) is 0 Å². The molecule has 0 bridgehead atoms. The van der Waals surface area contributed by atoms with Gasteiger partial charge < -0.3 is 0 Å². The first-order valence-corrected chi connectivity index (χ1v) is 6.92. The van der Waals surface area contributed by atoms with E-state index in [1.54, 1.807) is 69.1 Å². The van der Waals surface area contributed by atoms with Crippen molar-refractivity contribution in [3.63, 3.8) is 0 Å². The van der Waals surface area contributed by atoms with Crippen LogP contribution in [0.5, 0.6) is 0 Å². The highest BCUT2D eigenvalue weighted by molar-refractivity contribution is 5.94. The Balaban J connectivity index is 1.98. The molecule has 0 spiro atoms. The highest BCUT2D eigenvalue weighted by Crippen LogP contribution is 2.03. The number of aromatic nitrogens is 6. The van der Waals surface area contributed by atoms with E-state index in [1.165, 1.54) is 0 Å². The van der Waals surface area contributed by atoms with Gasteiger partial charge in [0.15, 0.2) is 0 Å². The average molecular weight is 299 g/mol. The summed E-state index contributed by atoms with van der Waals surface area (Å²) in [7, 11) is 0. The lowest BCUT2D eigenvalue weighted by atomic mass is 10.5. The van der Waals surface area contributed by atoms with Crippen molar-refractivity contribution in [2.45, 2.75) is 13.3 Å². The molecule has 3 heterocycles. The first kappa shape index (κ1) is 13.9. The van der Waals surface area contributed by atoms with Gasteiger partial charge in [-0.25, -0.2) is 34.0 Å². The van der Waals surface area contributed by atoms with Crippen LogP contribution in [-0.2, 0) is 0 Å². The molecule has 9 nitrogen and oxygen atoms in total. The Morgan fingerprint density at radius 1 is 0.909 bits per heavy atom. The lowest BCUT2D eigenvalue weighted by Gasteiger charge is -2.33. The molecule has 0 fully saturated rings. The predicted octanol–water partition coefficient (Wildman–Crippen LogP) is 0.660. The van der Waals surface area contributed by atoms with Crippen molar-refractivity contribution >= 4 is 5.96 Å². The summed E-state index contributed by atoms with van der Waals surface area (Å²) in [5.74, 6) is 0.246. The molecule has 0 saturated carbocycles. The number of rotatable bonds is 5. The van der Waals surface area contributed by atoms with Crippen LogP contribution in [0.2, 0.25) is 0 Å². The van der Waals surface area contributed by atoms with E-state index in [1.807, 2.05) is 11.2 Å². The molecule has 0 aliphatic heterocycles. The third kappa shape index (κ3) is 2.55. The van der Waals surface area contributed by atoms with Crippen LogP contribution in [0.25, 0.3) is 0 Å². The molecule has 0 aliphatic carbocycles. The van der Waals surface area contributed by atoms with E-state index in [0.29, 0.717) is 6.54 Å². The minimum Gasteiger partial charge on any atom is -0.265 e. The Morgan fingerprint density at radius 3 is 1.82 bits per heavy atom. The summed E-state index contributed by atoms with van der Waals surface area (Å²) in [6.07, 6.45) is 16.2. The minimum absolute atomic E-state index is 0.246. The van der Waals surface area contributed by atoms with Crippen LogP contribution in [0, 0.1) is 5.41 Å². The monoisotopic (exact) mass is 299 g/mol. The Kier molecular flexibility index (Phi) is 3.86. The molecule has 9 heteroatoms. The van der Waals surface area contributed by atoms with Gasteiger partial charge in [0.2, 0.25) is 0 Å². The van der Waals surface area contributed by atoms with Crippen LogP contribution < -0.4 is 10.1 Å². The molecule has 3 aromatic heterocycles. The number of nitrogens with zero attached hydrogens (tertiary/aromatic N) is 8. The highest BCUT2D eigenvalue weighted by atomic mass is 15.8. The van der Waals surface area contributed by atoms with Gasteiger partial charge in [-0.15, -0.1) is 5.12 Å². The Hall–Kier alpha value is -3.10. The summed E-state index contributed by atoms with van der Waals surface area (Å²) >= 11 is 0. The molecule has 114 valence electrons. The molecule has 0 atom stereocenters. The SMILES string of the molecule is CCCN(C(=N)N(n1ccnc1)n1ccnc1)n1ccnc1. The van der Waals surface area contributed by atoms with Crippen molar-refractivity contribution in [1.29, 1.82) is 5.41 Å². The van der Waals surface area contributed by atoms with Gasteiger partial charge in [-0.1, -0.05) is 6.92 Å². The maximum atomic E-state index is 8.64. The topological polar surface area (TPSA) is 83.8 Å². The zero-order valence-electron chi connectivity index (χ0n) is 12.2. The first-order valence-electron chi connectivity index (χ1n) is 6.92. The second-order valence-corrected chi connectivity index (χ2v) is 4.56. The van der Waals surface area contributed by atoms with Gasteiger partial charge in [-0.05, 0) is 6.42 Å². The molecule has 1 N–H and O–H groups in total. The van der Waals surface area contributed by atoms with Crippen LogP contribution in [0.3, 0.4) is 0 Å². The van der Waals surface area contributed by atoms with Crippen molar-refractivity contribution < 1.29 is 0 Å². The standard InChI is InChI=1S/C13H17N9/c1-2-6-21(18-7-3-15-10-18)13(14)22(19-8-4-16-11-19)20-9-5-17-12-20/h3-5,7-12,14H,2,6H2,1H3. The third-order valence-electron chi connectivity index (χ3n) is 3.06. The van der Waals surface area contributed by atoms with E-state index in [4.69, 9.17) is 5.41 Å². The van der Waals surface area contributed by atoms with E-state index in [-0.39, 0.29) is 5.96 Å². The summed E-state index contributed by atoms with van der Waals surface area (Å²) in [6.45, 7) is 2.74. The van der Waals surface area contributed by atoms with E-state index < -0.39 is 0 Å². The predicted molar refractivity (Wildman–Crippen MR) is 81.4 cm³/mol. The van der Waals surface area contributed by atoms with Crippen molar-refractivity contribution in [2.24, 2.45) is 0 Å². The highest BCUT2D eigenvalue weighted by Gasteiger charge is 2.21. The number of guanidine groups is 1. The molecule has 0 aliphatic rings. The van der Waals surface area contributed by atoms with E-state index >= 15 is 0 Å². The van der Waals surface area contributed by atoms with Gasteiger partial charge in [0.25, 0.3) is 5.96 Å². The number of hydrogen-bond donors (Lipinski definition) is 1. The lowest BCUT2D eigenvalue weighted by Crippen LogP contribution is -2.55. The summed E-state index contributed by atoms with van der Waals surface area (Å²) in [4.78, 5) is 12.2. The van der Waals surface area contributed by atoms with E-state index in [2.05, 4.69) is 21.9 Å². The summed E-state index contributed by atoms with van der Waals surface area (Å²) < 4.78 is 5.21. The van der Waals surface area contributed by atoms with Crippen molar-refractivity contribution in [1.82, 2.24) is 29.0 Å². The second kappa shape index (κ2) is 6.12. The van der Waals surface area contributed by atoms with Crippen LogP contribution in [0.1, 0.15) is 13.3 Å². The quantitative estimate of drug-likeness (QED) is 0.553. The molecular formula is C13H17N9. The zero-order valence-corrected chi connectivity index (χ0v) is 12.2. The number of nitrogens with one attached hydrogen (secondary N) is 1. The molecule has 0 saturated heterocycles. The zero-order chi connectivity index (χ0) is 15.4. The lowest BCUT2D eigenvalue weighted by molar-refractivity contribution is 0.581. The van der Waals surface area contributed by atoms with Crippen LogP contribution in [-0.4, -0.2) is 41.5 Å². The third-order valence-corrected chi connectivity index (χ3v) is 3.06. The molecule has 3 rings (SSSR count). The summed E-state index contributed by atoms with van der Waals surface area (Å²) in [6, 6.07) is 0. The largest absolute Gasteiger partial charge is 0.265 e. The smallest absolute Gasteiger partial charge is 0.253 e. The normalized spacial score (nSPS) is 10.6. The summed E-state index contributed by atoms with van der Waals surface area (Å²) in [5.41, 5.74) is 0. The average Bonchev–Trinajstić information content (AvgIpc) is 3.27. The minimum atomic E-state index is 0.246. The molecular weight excluding hydrogens is 282 g/mol. The van der Waals surface area contributed by atoms with Crippen molar-refractivity contribution in [2.75, 3.05) is 16.7 Å². The van der Waals surface area contributed by atoms with E-state index in [9.17, 15) is 0 Å². The van der Waals surface area contributed by atoms with Gasteiger partial charge in [-0.2, -0.15) is 0 Å². The second-order valence-electron chi connectivity index (χ2n) is 4.56. The van der Waals surface area contributed by atoms with Crippen LogP contribution >= 0.6 is 0 Å². The maximum Gasteiger partial charge on any atom is 0.253 e. The molecule has 0 amide bonds. The number of imidazole rings is 3. The molecule has 3 aromatic rings. The summed E-state index contributed by atoms with van der Waals surface area (Å²) in [5, 5.41) is 12.1. The number of hydrogen-bond acceptors (Lipinski definition) is 4. The molecule has 0 unspecified atom stereocenters. The maximum absolute atomic E-state index is 8.64. The fraction of sp³-hybridized carbons (Fsp3) is 0.231. The Labute approximate surface area is 127 Å². The fourth-order valence-electron chi connectivity index (χ4n) is 2.11. The van der Waals surface area contributed by atoms with Gasteiger partial charge in [0, 0.05) is 43.7 Å². The molecule has 22 heavy (non-hydrogen) atoms. The first-order chi connectivity index (χ1) is 10.8. The molecule has 0 aromatic carbocycles. The van der Waals surface area contributed by atoms with E-state index in [0.717, 1.165) is 6.42 Å².